The van der Waals surface area contributed by atoms with Crippen LogP contribution in [0.3, 0.4) is 0 Å². The normalized spacial score (nSPS) is 13.3. The van der Waals surface area contributed by atoms with E-state index in [0.717, 1.165) is 11.0 Å². The highest BCUT2D eigenvalue weighted by atomic mass is 32.1. The number of aliphatic hydroxyl groups excluding tert-OH is 1. The van der Waals surface area contributed by atoms with E-state index in [2.05, 4.69) is 28.5 Å². The smallest absolute Gasteiger partial charge is 0.202 e. The van der Waals surface area contributed by atoms with Crippen molar-refractivity contribution in [3.8, 4) is 0 Å². The molecule has 1 heterocycles. The summed E-state index contributed by atoms with van der Waals surface area (Å²) in [4.78, 5) is 4.27. The van der Waals surface area contributed by atoms with Crippen LogP contribution in [0.4, 0.5) is 5.13 Å². The Kier molecular flexibility index (Phi) is 3.62. The molecule has 0 aromatic carbocycles. The fourth-order valence-corrected chi connectivity index (χ4v) is 1.49. The third-order valence-electron chi connectivity index (χ3n) is 1.51. The SMILES string of the molecule is CC(O)CNc1nc(C(C)C)ns1. The molecule has 0 bridgehead atoms. The summed E-state index contributed by atoms with van der Waals surface area (Å²) in [6, 6.07) is 0. The van der Waals surface area contributed by atoms with Crippen LogP contribution in [0.1, 0.15) is 32.5 Å². The summed E-state index contributed by atoms with van der Waals surface area (Å²) < 4.78 is 4.18. The van der Waals surface area contributed by atoms with Crippen LogP contribution in [0.25, 0.3) is 0 Å². The van der Waals surface area contributed by atoms with E-state index in [9.17, 15) is 0 Å². The van der Waals surface area contributed by atoms with Crippen LogP contribution < -0.4 is 5.32 Å². The lowest BCUT2D eigenvalue weighted by molar-refractivity contribution is 0.208. The quantitative estimate of drug-likeness (QED) is 0.774. The zero-order valence-electron chi connectivity index (χ0n) is 8.11. The highest BCUT2D eigenvalue weighted by Crippen LogP contribution is 2.16. The highest BCUT2D eigenvalue weighted by Gasteiger charge is 2.07. The third-order valence-corrected chi connectivity index (χ3v) is 2.19. The molecule has 13 heavy (non-hydrogen) atoms. The van der Waals surface area contributed by atoms with Gasteiger partial charge in [-0.2, -0.15) is 4.37 Å². The third kappa shape index (κ3) is 3.28. The number of nitrogens with one attached hydrogen (secondary N) is 1. The first-order valence-corrected chi connectivity index (χ1v) is 5.12. The van der Waals surface area contributed by atoms with Gasteiger partial charge in [-0.1, -0.05) is 13.8 Å². The van der Waals surface area contributed by atoms with E-state index in [4.69, 9.17) is 5.11 Å². The summed E-state index contributed by atoms with van der Waals surface area (Å²) >= 11 is 1.34. The molecule has 1 unspecified atom stereocenters. The molecule has 1 aromatic heterocycles. The lowest BCUT2D eigenvalue weighted by atomic mass is 10.2. The molecule has 0 radical (unpaired) electrons. The Labute approximate surface area is 82.2 Å². The van der Waals surface area contributed by atoms with Gasteiger partial charge in [0.25, 0.3) is 0 Å². The zero-order valence-corrected chi connectivity index (χ0v) is 8.93. The lowest BCUT2D eigenvalue weighted by Gasteiger charge is -2.03. The van der Waals surface area contributed by atoms with Crippen LogP contribution >= 0.6 is 11.5 Å². The maximum absolute atomic E-state index is 9.02. The van der Waals surface area contributed by atoms with Crippen molar-refractivity contribution in [3.05, 3.63) is 5.82 Å². The summed E-state index contributed by atoms with van der Waals surface area (Å²) in [5.41, 5.74) is 0. The van der Waals surface area contributed by atoms with E-state index in [1.54, 1.807) is 6.92 Å². The molecule has 2 N–H and O–H groups in total. The fourth-order valence-electron chi connectivity index (χ4n) is 0.776. The van der Waals surface area contributed by atoms with Gasteiger partial charge in [0.05, 0.1) is 6.10 Å². The zero-order chi connectivity index (χ0) is 9.84. The summed E-state index contributed by atoms with van der Waals surface area (Å²) in [5, 5.41) is 12.8. The van der Waals surface area contributed by atoms with Crippen molar-refractivity contribution in [2.24, 2.45) is 0 Å². The molecule has 0 saturated heterocycles. The molecule has 0 fully saturated rings. The van der Waals surface area contributed by atoms with Crippen molar-refractivity contribution in [1.29, 1.82) is 0 Å². The van der Waals surface area contributed by atoms with Gasteiger partial charge in [0.2, 0.25) is 5.13 Å². The molecule has 5 heteroatoms. The molecule has 4 nitrogen and oxygen atoms in total. The predicted octanol–water partition coefficient (Wildman–Crippen LogP) is 1.45. The van der Waals surface area contributed by atoms with Crippen LogP contribution in [0, 0.1) is 0 Å². The summed E-state index contributed by atoms with van der Waals surface area (Å²) in [7, 11) is 0. The van der Waals surface area contributed by atoms with Gasteiger partial charge in [-0.05, 0) is 6.92 Å². The van der Waals surface area contributed by atoms with Crippen molar-refractivity contribution < 1.29 is 5.11 Å². The maximum atomic E-state index is 9.02. The van der Waals surface area contributed by atoms with Gasteiger partial charge in [0, 0.05) is 24.0 Å². The highest BCUT2D eigenvalue weighted by molar-refractivity contribution is 7.09. The Bertz CT molecular complexity index is 260. The van der Waals surface area contributed by atoms with E-state index in [1.165, 1.54) is 11.5 Å². The van der Waals surface area contributed by atoms with E-state index in [0.29, 0.717) is 12.5 Å². The largest absolute Gasteiger partial charge is 0.392 e. The molecule has 0 aliphatic rings. The van der Waals surface area contributed by atoms with Crippen molar-refractivity contribution >= 4 is 16.7 Å². The Hall–Kier alpha value is -0.680. The second-order valence-electron chi connectivity index (χ2n) is 3.34. The number of nitrogens with zero attached hydrogens (tertiary/aromatic N) is 2. The molecular formula is C8H15N3OS. The van der Waals surface area contributed by atoms with Crippen LogP contribution in [0.5, 0.6) is 0 Å². The Morgan fingerprint density at radius 2 is 2.15 bits per heavy atom. The van der Waals surface area contributed by atoms with Crippen LogP contribution in [0.15, 0.2) is 0 Å². The van der Waals surface area contributed by atoms with E-state index < -0.39 is 0 Å². The monoisotopic (exact) mass is 201 g/mol. The van der Waals surface area contributed by atoms with Gasteiger partial charge in [0.15, 0.2) is 0 Å². The average Bonchev–Trinajstić information content (AvgIpc) is 2.48. The number of rotatable bonds is 4. The van der Waals surface area contributed by atoms with Crippen molar-refractivity contribution in [1.82, 2.24) is 9.36 Å². The molecule has 0 saturated carbocycles. The number of hydrogen-bond acceptors (Lipinski definition) is 5. The number of aliphatic hydroxyl groups is 1. The first-order chi connectivity index (χ1) is 6.09. The molecule has 1 atom stereocenters. The molecule has 1 aromatic rings. The summed E-state index contributed by atoms with van der Waals surface area (Å²) in [5.74, 6) is 1.22. The Morgan fingerprint density at radius 3 is 2.62 bits per heavy atom. The van der Waals surface area contributed by atoms with Crippen LogP contribution in [-0.4, -0.2) is 27.1 Å². The maximum Gasteiger partial charge on any atom is 0.202 e. The van der Waals surface area contributed by atoms with Gasteiger partial charge in [-0.25, -0.2) is 4.98 Å². The minimum atomic E-state index is -0.355. The molecule has 0 aliphatic heterocycles. The first kappa shape index (κ1) is 10.4. The molecule has 1 rings (SSSR count). The topological polar surface area (TPSA) is 58.0 Å². The van der Waals surface area contributed by atoms with Gasteiger partial charge < -0.3 is 10.4 Å². The van der Waals surface area contributed by atoms with Gasteiger partial charge in [-0.15, -0.1) is 0 Å². The summed E-state index contributed by atoms with van der Waals surface area (Å²) in [6.45, 7) is 6.37. The Morgan fingerprint density at radius 1 is 1.46 bits per heavy atom. The second-order valence-corrected chi connectivity index (χ2v) is 4.09. The van der Waals surface area contributed by atoms with E-state index in [1.807, 2.05) is 0 Å². The number of aromatic nitrogens is 2. The number of anilines is 1. The molecule has 0 aliphatic carbocycles. The Balaban J connectivity index is 2.49. The minimum absolute atomic E-state index is 0.355. The number of hydrogen-bond donors (Lipinski definition) is 2. The molecule has 0 spiro atoms. The molecule has 0 amide bonds. The van der Waals surface area contributed by atoms with Crippen molar-refractivity contribution in [2.75, 3.05) is 11.9 Å². The van der Waals surface area contributed by atoms with Gasteiger partial charge >= 0.3 is 0 Å². The van der Waals surface area contributed by atoms with E-state index in [-0.39, 0.29) is 6.10 Å². The minimum Gasteiger partial charge on any atom is -0.392 e. The van der Waals surface area contributed by atoms with E-state index >= 15 is 0 Å². The average molecular weight is 201 g/mol. The van der Waals surface area contributed by atoms with Gasteiger partial charge in [-0.3, -0.25) is 0 Å². The van der Waals surface area contributed by atoms with Gasteiger partial charge in [0.1, 0.15) is 5.82 Å². The lowest BCUT2D eigenvalue weighted by Crippen LogP contribution is -2.15. The van der Waals surface area contributed by atoms with Crippen molar-refractivity contribution in [3.63, 3.8) is 0 Å². The fraction of sp³-hybridized carbons (Fsp3) is 0.750. The molecular weight excluding hydrogens is 186 g/mol. The predicted molar refractivity (Wildman–Crippen MR) is 54.2 cm³/mol. The van der Waals surface area contributed by atoms with Crippen LogP contribution in [-0.2, 0) is 0 Å². The first-order valence-electron chi connectivity index (χ1n) is 4.35. The van der Waals surface area contributed by atoms with Crippen molar-refractivity contribution in [2.45, 2.75) is 32.8 Å². The summed E-state index contributed by atoms with van der Waals surface area (Å²) in [6.07, 6.45) is -0.355. The standard InChI is InChI=1S/C8H15N3OS/c1-5(2)7-10-8(13-11-7)9-4-6(3)12/h5-6,12H,4H2,1-3H3,(H,9,10,11). The van der Waals surface area contributed by atoms with Crippen LogP contribution in [0.2, 0.25) is 0 Å². The molecule has 74 valence electrons. The second kappa shape index (κ2) is 4.53.